The molecule has 1 heterocycles. The van der Waals surface area contributed by atoms with Gasteiger partial charge >= 0.3 is 0 Å². The van der Waals surface area contributed by atoms with Gasteiger partial charge in [-0.05, 0) is 42.3 Å². The number of guanidine groups is 1. The zero-order chi connectivity index (χ0) is 22.8. The van der Waals surface area contributed by atoms with Crippen LogP contribution in [0.4, 0.5) is 0 Å². The van der Waals surface area contributed by atoms with Crippen LogP contribution in [0.2, 0.25) is 0 Å². The highest BCUT2D eigenvalue weighted by molar-refractivity contribution is 14.0. The molecule has 8 nitrogen and oxygen atoms in total. The molecule has 0 fully saturated rings. The Labute approximate surface area is 211 Å². The number of nitrogens with zero attached hydrogens (tertiary/aromatic N) is 2. The molecule has 0 bridgehead atoms. The fourth-order valence-electron chi connectivity index (χ4n) is 2.90. The number of hydrogen-bond donors (Lipinski definition) is 2. The smallest absolute Gasteiger partial charge is 0.219 e. The molecule has 2 aromatic carbocycles. The van der Waals surface area contributed by atoms with Crippen LogP contribution in [0, 0.1) is 0 Å². The van der Waals surface area contributed by atoms with Crippen LogP contribution in [-0.4, -0.2) is 31.8 Å². The lowest BCUT2D eigenvalue weighted by Gasteiger charge is -2.11. The van der Waals surface area contributed by atoms with Gasteiger partial charge in [0.2, 0.25) is 5.88 Å². The molecule has 0 unspecified atom stereocenters. The Morgan fingerprint density at radius 2 is 1.67 bits per heavy atom. The van der Waals surface area contributed by atoms with Gasteiger partial charge in [-0.3, -0.25) is 0 Å². The molecule has 0 saturated heterocycles. The molecule has 9 heteroatoms. The molecule has 176 valence electrons. The molecular formula is C24H29IN4O4. The van der Waals surface area contributed by atoms with E-state index in [1.165, 1.54) is 0 Å². The fourth-order valence-corrected chi connectivity index (χ4v) is 2.90. The number of halogens is 1. The molecule has 0 radical (unpaired) electrons. The molecule has 0 spiro atoms. The summed E-state index contributed by atoms with van der Waals surface area (Å²) in [5, 5.41) is 3.09. The Hall–Kier alpha value is -3.21. The van der Waals surface area contributed by atoms with Gasteiger partial charge in [0.05, 0.1) is 27.4 Å². The molecule has 0 aliphatic rings. The number of para-hydroxylation sites is 2. The summed E-state index contributed by atoms with van der Waals surface area (Å²) in [4.78, 5) is 8.71. The Bertz CT molecular complexity index is 1040. The highest BCUT2D eigenvalue weighted by atomic mass is 127. The number of ether oxygens (including phenoxy) is 4. The minimum absolute atomic E-state index is 0. The van der Waals surface area contributed by atoms with Gasteiger partial charge in [-0.15, -0.1) is 24.0 Å². The van der Waals surface area contributed by atoms with Gasteiger partial charge in [0, 0.05) is 18.8 Å². The van der Waals surface area contributed by atoms with Crippen LogP contribution < -0.4 is 30.0 Å². The fraction of sp³-hybridized carbons (Fsp3) is 0.250. The summed E-state index contributed by atoms with van der Waals surface area (Å²) in [7, 11) is 3.21. The predicted molar refractivity (Wildman–Crippen MR) is 139 cm³/mol. The van der Waals surface area contributed by atoms with Gasteiger partial charge in [0.15, 0.2) is 29.0 Å². The summed E-state index contributed by atoms with van der Waals surface area (Å²) in [6, 6.07) is 16.9. The van der Waals surface area contributed by atoms with Crippen molar-refractivity contribution in [3.63, 3.8) is 0 Å². The van der Waals surface area contributed by atoms with Crippen molar-refractivity contribution in [2.24, 2.45) is 10.7 Å². The van der Waals surface area contributed by atoms with Crippen LogP contribution in [0.3, 0.4) is 0 Å². The van der Waals surface area contributed by atoms with Gasteiger partial charge in [0.25, 0.3) is 0 Å². The van der Waals surface area contributed by atoms with Crippen LogP contribution >= 0.6 is 24.0 Å². The normalized spacial score (nSPS) is 10.7. The second kappa shape index (κ2) is 13.4. The van der Waals surface area contributed by atoms with Crippen molar-refractivity contribution < 1.29 is 18.9 Å². The van der Waals surface area contributed by atoms with E-state index in [-0.39, 0.29) is 24.0 Å². The number of rotatable bonds is 10. The van der Waals surface area contributed by atoms with Gasteiger partial charge in [-0.25, -0.2) is 9.98 Å². The molecule has 0 amide bonds. The van der Waals surface area contributed by atoms with Crippen LogP contribution in [0.25, 0.3) is 0 Å². The number of nitrogens with two attached hydrogens (primary N) is 1. The Morgan fingerprint density at radius 1 is 0.939 bits per heavy atom. The summed E-state index contributed by atoms with van der Waals surface area (Å²) in [6.45, 7) is 3.40. The first-order valence-corrected chi connectivity index (χ1v) is 10.2. The molecule has 3 aromatic rings. The maximum absolute atomic E-state index is 6.00. The van der Waals surface area contributed by atoms with Crippen molar-refractivity contribution in [1.82, 2.24) is 10.3 Å². The van der Waals surface area contributed by atoms with Gasteiger partial charge in [-0.2, -0.15) is 0 Å². The van der Waals surface area contributed by atoms with E-state index in [1.54, 1.807) is 26.5 Å². The summed E-state index contributed by atoms with van der Waals surface area (Å²) >= 11 is 0. The third-order valence-corrected chi connectivity index (χ3v) is 4.51. The lowest BCUT2D eigenvalue weighted by molar-refractivity contribution is 0.319. The lowest BCUT2D eigenvalue weighted by atomic mass is 10.2. The molecule has 1 aromatic heterocycles. The molecule has 3 rings (SSSR count). The molecule has 0 atom stereocenters. The minimum Gasteiger partial charge on any atom is -0.493 e. The standard InChI is InChI=1S/C24H28N4O4.HI/c1-4-31-20-7-5-6-8-21(20)32-23-12-10-18(15-26-23)16-28-24(25)27-14-17-9-11-19(29-2)22(13-17)30-3;/h5-13,15H,4,14,16H2,1-3H3,(H3,25,27,28);1H. The maximum atomic E-state index is 6.00. The number of benzene rings is 2. The summed E-state index contributed by atoms with van der Waals surface area (Å²) in [6.07, 6.45) is 1.71. The van der Waals surface area contributed by atoms with Crippen LogP contribution in [0.5, 0.6) is 28.9 Å². The average molecular weight is 564 g/mol. The summed E-state index contributed by atoms with van der Waals surface area (Å²) < 4.78 is 22.0. The largest absolute Gasteiger partial charge is 0.493 e. The van der Waals surface area contributed by atoms with E-state index in [2.05, 4.69) is 15.3 Å². The Balaban J connectivity index is 0.00000385. The Morgan fingerprint density at radius 3 is 2.33 bits per heavy atom. The lowest BCUT2D eigenvalue weighted by Crippen LogP contribution is -2.31. The van der Waals surface area contributed by atoms with E-state index in [1.807, 2.05) is 55.5 Å². The van der Waals surface area contributed by atoms with Gasteiger partial charge in [0.1, 0.15) is 0 Å². The second-order valence-electron chi connectivity index (χ2n) is 6.73. The molecule has 0 aliphatic heterocycles. The quantitative estimate of drug-likeness (QED) is 0.212. The zero-order valence-electron chi connectivity index (χ0n) is 18.9. The first-order chi connectivity index (χ1) is 15.6. The third-order valence-electron chi connectivity index (χ3n) is 4.51. The van der Waals surface area contributed by atoms with Crippen molar-refractivity contribution in [2.75, 3.05) is 20.8 Å². The first-order valence-electron chi connectivity index (χ1n) is 10.2. The van der Waals surface area contributed by atoms with Crippen molar-refractivity contribution in [3.8, 4) is 28.9 Å². The highest BCUT2D eigenvalue weighted by Gasteiger charge is 2.07. The van der Waals surface area contributed by atoms with E-state index in [9.17, 15) is 0 Å². The molecule has 3 N–H and O–H groups in total. The molecular weight excluding hydrogens is 535 g/mol. The van der Waals surface area contributed by atoms with Gasteiger partial charge in [-0.1, -0.05) is 24.3 Å². The van der Waals surface area contributed by atoms with E-state index in [4.69, 9.17) is 24.7 Å². The second-order valence-corrected chi connectivity index (χ2v) is 6.73. The number of hydrogen-bond acceptors (Lipinski definition) is 6. The zero-order valence-corrected chi connectivity index (χ0v) is 21.2. The van der Waals surface area contributed by atoms with E-state index >= 15 is 0 Å². The topological polar surface area (TPSA) is 100 Å². The van der Waals surface area contributed by atoms with E-state index in [0.29, 0.717) is 54.5 Å². The summed E-state index contributed by atoms with van der Waals surface area (Å²) in [5.41, 5.74) is 7.90. The van der Waals surface area contributed by atoms with Crippen LogP contribution in [0.1, 0.15) is 18.1 Å². The maximum Gasteiger partial charge on any atom is 0.219 e. The van der Waals surface area contributed by atoms with E-state index in [0.717, 1.165) is 11.1 Å². The number of aromatic nitrogens is 1. The van der Waals surface area contributed by atoms with Crippen molar-refractivity contribution in [3.05, 3.63) is 71.9 Å². The number of pyridine rings is 1. The highest BCUT2D eigenvalue weighted by Crippen LogP contribution is 2.30. The summed E-state index contributed by atoms with van der Waals surface area (Å²) in [5.74, 6) is 3.46. The number of methoxy groups -OCH3 is 2. The number of nitrogens with one attached hydrogen (secondary N) is 1. The number of aliphatic imine (C=N–C) groups is 1. The molecule has 33 heavy (non-hydrogen) atoms. The SMILES string of the molecule is CCOc1ccccc1Oc1ccc(CN=C(N)NCc2ccc(OC)c(OC)c2)cn1.I. The Kier molecular flexibility index (Phi) is 10.5. The monoisotopic (exact) mass is 564 g/mol. The average Bonchev–Trinajstić information content (AvgIpc) is 2.83. The van der Waals surface area contributed by atoms with Crippen molar-refractivity contribution >= 4 is 29.9 Å². The third kappa shape index (κ3) is 7.70. The van der Waals surface area contributed by atoms with Crippen LogP contribution in [0.15, 0.2) is 65.8 Å². The van der Waals surface area contributed by atoms with Crippen molar-refractivity contribution in [2.45, 2.75) is 20.0 Å². The van der Waals surface area contributed by atoms with E-state index < -0.39 is 0 Å². The predicted octanol–water partition coefficient (Wildman–Crippen LogP) is 4.51. The van der Waals surface area contributed by atoms with Crippen molar-refractivity contribution in [1.29, 1.82) is 0 Å². The molecule has 0 saturated carbocycles. The first kappa shape index (κ1) is 26.0. The van der Waals surface area contributed by atoms with Gasteiger partial charge < -0.3 is 30.0 Å². The molecule has 0 aliphatic carbocycles. The van der Waals surface area contributed by atoms with Crippen LogP contribution in [-0.2, 0) is 13.1 Å². The minimum atomic E-state index is 0.